The molecule has 1 N–H and O–H groups in total. The van der Waals surface area contributed by atoms with Crippen LogP contribution in [0.1, 0.15) is 28.7 Å². The van der Waals surface area contributed by atoms with Gasteiger partial charge in [0, 0.05) is 6.04 Å². The van der Waals surface area contributed by atoms with Crippen LogP contribution in [0.2, 0.25) is 0 Å². The van der Waals surface area contributed by atoms with Crippen molar-refractivity contribution < 1.29 is 4.79 Å². The number of amides is 1. The zero-order valence-electron chi connectivity index (χ0n) is 13.8. The molecule has 0 aliphatic heterocycles. The van der Waals surface area contributed by atoms with Gasteiger partial charge in [-0.25, -0.2) is 4.79 Å². The zero-order valence-corrected chi connectivity index (χ0v) is 14.6. The summed E-state index contributed by atoms with van der Waals surface area (Å²) in [5.74, 6) is -0.247. The summed E-state index contributed by atoms with van der Waals surface area (Å²) in [4.78, 5) is 25.2. The Bertz CT molecular complexity index is 915. The average Bonchev–Trinajstić information content (AvgIpc) is 3.21. The molecule has 3 rings (SSSR count). The minimum absolute atomic E-state index is 0.235. The third-order valence-electron chi connectivity index (χ3n) is 3.72. The van der Waals surface area contributed by atoms with Crippen molar-refractivity contribution in [1.82, 2.24) is 34.7 Å². The van der Waals surface area contributed by atoms with Gasteiger partial charge >= 0.3 is 5.69 Å². The molecule has 0 spiro atoms. The Morgan fingerprint density at radius 3 is 2.68 bits per heavy atom. The minimum atomic E-state index is -0.352. The van der Waals surface area contributed by atoms with Crippen molar-refractivity contribution in [2.75, 3.05) is 0 Å². The molecule has 1 atom stereocenters. The number of para-hydroxylation sites is 1. The topological polar surface area (TPSA) is 108 Å². The van der Waals surface area contributed by atoms with Gasteiger partial charge < -0.3 is 5.32 Å². The Balaban J connectivity index is 1.75. The second-order valence-corrected chi connectivity index (χ2v) is 6.21. The van der Waals surface area contributed by atoms with E-state index in [0.29, 0.717) is 22.7 Å². The number of tetrazole rings is 1. The summed E-state index contributed by atoms with van der Waals surface area (Å²) in [6, 6.07) is 8.80. The van der Waals surface area contributed by atoms with Crippen molar-refractivity contribution in [1.29, 1.82) is 0 Å². The molecule has 130 valence electrons. The molecular formula is C15H17N7O2S. The van der Waals surface area contributed by atoms with E-state index in [1.54, 1.807) is 19.1 Å². The SMILES string of the molecule is CC[C@H](Cn1nnn(-c2ccccc2)c1=O)NC(=O)c1snnc1C. The fourth-order valence-electron chi connectivity index (χ4n) is 2.30. The summed E-state index contributed by atoms with van der Waals surface area (Å²) in [5.41, 5.74) is 0.876. The molecule has 0 unspecified atom stereocenters. The molecule has 0 saturated heterocycles. The molecule has 3 aromatic rings. The highest BCUT2D eigenvalue weighted by molar-refractivity contribution is 7.08. The number of aromatic nitrogens is 6. The third kappa shape index (κ3) is 3.63. The summed E-state index contributed by atoms with van der Waals surface area (Å²) in [6.07, 6.45) is 0.641. The molecule has 9 nitrogen and oxygen atoms in total. The molecule has 0 radical (unpaired) electrons. The van der Waals surface area contributed by atoms with E-state index in [0.717, 1.165) is 11.5 Å². The van der Waals surface area contributed by atoms with Crippen molar-refractivity contribution >= 4 is 17.4 Å². The predicted octanol–water partition coefficient (Wildman–Crippen LogP) is 0.798. The molecule has 2 heterocycles. The van der Waals surface area contributed by atoms with Crippen LogP contribution in [0.15, 0.2) is 35.1 Å². The molecule has 1 aromatic carbocycles. The van der Waals surface area contributed by atoms with Crippen LogP contribution in [0.3, 0.4) is 0 Å². The normalized spacial score (nSPS) is 12.1. The maximum absolute atomic E-state index is 12.5. The maximum atomic E-state index is 12.5. The van der Waals surface area contributed by atoms with Crippen molar-refractivity contribution in [3.05, 3.63) is 51.4 Å². The molecule has 0 saturated carbocycles. The van der Waals surface area contributed by atoms with Gasteiger partial charge in [0.05, 0.1) is 17.9 Å². The third-order valence-corrected chi connectivity index (χ3v) is 4.55. The van der Waals surface area contributed by atoms with E-state index in [2.05, 4.69) is 25.3 Å². The van der Waals surface area contributed by atoms with Gasteiger partial charge in [0.2, 0.25) is 0 Å². The second-order valence-electron chi connectivity index (χ2n) is 5.46. The zero-order chi connectivity index (χ0) is 17.8. The smallest absolute Gasteiger partial charge is 0.347 e. The van der Waals surface area contributed by atoms with Crippen molar-refractivity contribution in [3.63, 3.8) is 0 Å². The number of benzene rings is 1. The number of nitrogens with one attached hydrogen (secondary N) is 1. The summed E-state index contributed by atoms with van der Waals surface area (Å²) >= 11 is 1.05. The summed E-state index contributed by atoms with van der Waals surface area (Å²) in [6.45, 7) is 3.89. The first kappa shape index (κ1) is 17.0. The quantitative estimate of drug-likeness (QED) is 0.697. The number of carbonyl (C=O) groups is 1. The fourth-order valence-corrected chi connectivity index (χ4v) is 2.86. The lowest BCUT2D eigenvalue weighted by atomic mass is 10.2. The van der Waals surface area contributed by atoms with Crippen LogP contribution in [-0.2, 0) is 6.54 Å². The van der Waals surface area contributed by atoms with Gasteiger partial charge in [-0.2, -0.15) is 9.36 Å². The van der Waals surface area contributed by atoms with Crippen LogP contribution in [-0.4, -0.2) is 41.3 Å². The Morgan fingerprint density at radius 1 is 1.28 bits per heavy atom. The standard InChI is InChI=1S/C15H17N7O2S/c1-3-11(16-14(23)13-10(2)17-20-25-13)9-21-15(24)22(19-18-21)12-7-5-4-6-8-12/h4-8,11H,3,9H2,1-2H3,(H,16,23)/t11-/m1/s1. The largest absolute Gasteiger partial charge is 0.368 e. The van der Waals surface area contributed by atoms with Gasteiger partial charge in [-0.15, -0.1) is 5.10 Å². The van der Waals surface area contributed by atoms with Gasteiger partial charge in [0.15, 0.2) is 0 Å². The monoisotopic (exact) mass is 359 g/mol. The Kier molecular flexibility index (Phi) is 4.98. The molecular weight excluding hydrogens is 342 g/mol. The first-order valence-electron chi connectivity index (χ1n) is 7.78. The molecule has 0 fully saturated rings. The number of hydrogen-bond donors (Lipinski definition) is 1. The highest BCUT2D eigenvalue weighted by atomic mass is 32.1. The first-order chi connectivity index (χ1) is 12.1. The van der Waals surface area contributed by atoms with Crippen molar-refractivity contribution in [2.45, 2.75) is 32.9 Å². The Hall–Kier alpha value is -2.88. The van der Waals surface area contributed by atoms with Gasteiger partial charge in [-0.05, 0) is 47.4 Å². The molecule has 2 aromatic heterocycles. The Morgan fingerprint density at radius 2 is 2.04 bits per heavy atom. The molecule has 1 amide bonds. The fraction of sp³-hybridized carbons (Fsp3) is 0.333. The number of hydrogen-bond acceptors (Lipinski definition) is 7. The summed E-state index contributed by atoms with van der Waals surface area (Å²) in [7, 11) is 0. The molecule has 25 heavy (non-hydrogen) atoms. The second kappa shape index (κ2) is 7.34. The maximum Gasteiger partial charge on any atom is 0.368 e. The minimum Gasteiger partial charge on any atom is -0.347 e. The van der Waals surface area contributed by atoms with E-state index in [1.807, 2.05) is 25.1 Å². The van der Waals surface area contributed by atoms with Crippen LogP contribution in [0.4, 0.5) is 0 Å². The lowest BCUT2D eigenvalue weighted by Gasteiger charge is -2.15. The lowest BCUT2D eigenvalue weighted by Crippen LogP contribution is -2.40. The van der Waals surface area contributed by atoms with Crippen LogP contribution in [0, 0.1) is 6.92 Å². The number of rotatable bonds is 6. The van der Waals surface area contributed by atoms with Crippen LogP contribution in [0.5, 0.6) is 0 Å². The lowest BCUT2D eigenvalue weighted by molar-refractivity contribution is 0.0934. The van der Waals surface area contributed by atoms with E-state index in [1.165, 1.54) is 9.36 Å². The van der Waals surface area contributed by atoms with Gasteiger partial charge in [-0.1, -0.05) is 29.6 Å². The predicted molar refractivity (Wildman–Crippen MR) is 91.8 cm³/mol. The van der Waals surface area contributed by atoms with E-state index in [9.17, 15) is 9.59 Å². The highest BCUT2D eigenvalue weighted by Gasteiger charge is 2.19. The van der Waals surface area contributed by atoms with E-state index >= 15 is 0 Å². The van der Waals surface area contributed by atoms with Gasteiger partial charge in [0.25, 0.3) is 5.91 Å². The average molecular weight is 359 g/mol. The van der Waals surface area contributed by atoms with Crippen LogP contribution in [0.25, 0.3) is 5.69 Å². The molecule has 0 bridgehead atoms. The van der Waals surface area contributed by atoms with Crippen LogP contribution >= 0.6 is 11.5 Å². The van der Waals surface area contributed by atoms with E-state index < -0.39 is 0 Å². The highest BCUT2D eigenvalue weighted by Crippen LogP contribution is 2.09. The van der Waals surface area contributed by atoms with E-state index in [-0.39, 0.29) is 24.2 Å². The van der Waals surface area contributed by atoms with Crippen LogP contribution < -0.4 is 11.0 Å². The summed E-state index contributed by atoms with van der Waals surface area (Å²) < 4.78 is 6.24. The Labute approximate surface area is 147 Å². The first-order valence-corrected chi connectivity index (χ1v) is 8.55. The number of nitrogens with zero attached hydrogens (tertiary/aromatic N) is 6. The van der Waals surface area contributed by atoms with Crippen molar-refractivity contribution in [3.8, 4) is 5.69 Å². The number of aryl methyl sites for hydroxylation is 1. The molecule has 10 heteroatoms. The molecule has 0 aliphatic carbocycles. The van der Waals surface area contributed by atoms with Crippen molar-refractivity contribution in [2.24, 2.45) is 0 Å². The van der Waals surface area contributed by atoms with Gasteiger partial charge in [-0.3, -0.25) is 4.79 Å². The summed E-state index contributed by atoms with van der Waals surface area (Å²) in [5, 5.41) is 14.5. The van der Waals surface area contributed by atoms with E-state index in [4.69, 9.17) is 0 Å². The van der Waals surface area contributed by atoms with Gasteiger partial charge in [0.1, 0.15) is 4.88 Å². The number of carbonyl (C=O) groups excluding carboxylic acids is 1. The molecule has 0 aliphatic rings.